The van der Waals surface area contributed by atoms with Gasteiger partial charge in [0.15, 0.2) is 0 Å². The van der Waals surface area contributed by atoms with Crippen molar-refractivity contribution >= 4 is 33.1 Å². The van der Waals surface area contributed by atoms with Gasteiger partial charge < -0.3 is 10.6 Å². The third-order valence-electron chi connectivity index (χ3n) is 3.51. The van der Waals surface area contributed by atoms with Crippen LogP contribution in [0.3, 0.4) is 0 Å². The van der Waals surface area contributed by atoms with Gasteiger partial charge in [-0.05, 0) is 31.9 Å². The van der Waals surface area contributed by atoms with Gasteiger partial charge in [-0.15, -0.1) is 11.3 Å². The monoisotopic (exact) mass is 261 g/mol. The number of nitrogen functional groups attached to an aromatic ring is 1. The first-order valence-corrected chi connectivity index (χ1v) is 6.94. The lowest BCUT2D eigenvalue weighted by atomic mass is 10.2. The molecule has 1 unspecified atom stereocenters. The number of aromatic nitrogens is 1. The SMILES string of the molecule is CC1CCCN1C(=O)c1sc2ncccc2c1N. The fourth-order valence-electron chi connectivity index (χ4n) is 2.48. The normalized spacial score (nSPS) is 19.6. The Morgan fingerprint density at radius 1 is 1.61 bits per heavy atom. The molecule has 1 aliphatic heterocycles. The van der Waals surface area contributed by atoms with Gasteiger partial charge in [0.25, 0.3) is 5.91 Å². The van der Waals surface area contributed by atoms with Crippen LogP contribution >= 0.6 is 11.3 Å². The van der Waals surface area contributed by atoms with E-state index in [0.29, 0.717) is 16.6 Å². The Balaban J connectivity index is 2.04. The van der Waals surface area contributed by atoms with E-state index in [2.05, 4.69) is 11.9 Å². The molecule has 3 rings (SSSR count). The Kier molecular flexibility index (Phi) is 2.70. The van der Waals surface area contributed by atoms with Crippen LogP contribution in [0.1, 0.15) is 29.4 Å². The number of hydrogen-bond donors (Lipinski definition) is 1. The van der Waals surface area contributed by atoms with Gasteiger partial charge >= 0.3 is 0 Å². The van der Waals surface area contributed by atoms with E-state index in [1.807, 2.05) is 17.0 Å². The Morgan fingerprint density at radius 3 is 3.11 bits per heavy atom. The van der Waals surface area contributed by atoms with E-state index in [1.165, 1.54) is 11.3 Å². The summed E-state index contributed by atoms with van der Waals surface area (Å²) >= 11 is 1.39. The van der Waals surface area contributed by atoms with Gasteiger partial charge in [-0.1, -0.05) is 0 Å². The van der Waals surface area contributed by atoms with Crippen LogP contribution in [0.5, 0.6) is 0 Å². The maximum Gasteiger partial charge on any atom is 0.266 e. The first-order valence-electron chi connectivity index (χ1n) is 6.12. The maximum absolute atomic E-state index is 12.5. The first-order chi connectivity index (χ1) is 8.68. The molecule has 18 heavy (non-hydrogen) atoms. The van der Waals surface area contributed by atoms with E-state index < -0.39 is 0 Å². The second-order valence-electron chi connectivity index (χ2n) is 4.69. The smallest absolute Gasteiger partial charge is 0.266 e. The summed E-state index contributed by atoms with van der Waals surface area (Å²) in [5.74, 6) is 0.0560. The van der Waals surface area contributed by atoms with E-state index in [4.69, 9.17) is 5.73 Å². The van der Waals surface area contributed by atoms with Crippen LogP contribution in [0, 0.1) is 0 Å². The van der Waals surface area contributed by atoms with Gasteiger partial charge in [-0.3, -0.25) is 4.79 Å². The third kappa shape index (κ3) is 1.66. The number of anilines is 1. The van der Waals surface area contributed by atoms with Crippen molar-refractivity contribution in [1.29, 1.82) is 0 Å². The summed E-state index contributed by atoms with van der Waals surface area (Å²) in [5, 5.41) is 0.887. The van der Waals surface area contributed by atoms with Gasteiger partial charge in [0.05, 0.1) is 5.69 Å². The molecule has 0 aromatic carbocycles. The zero-order valence-electron chi connectivity index (χ0n) is 10.2. The molecule has 0 spiro atoms. The Labute approximate surface area is 109 Å². The molecule has 0 bridgehead atoms. The molecule has 1 aliphatic rings. The molecule has 0 radical (unpaired) electrons. The molecule has 2 N–H and O–H groups in total. The van der Waals surface area contributed by atoms with Crippen LogP contribution in [-0.2, 0) is 0 Å². The molecule has 2 aromatic rings. The fourth-order valence-corrected chi connectivity index (χ4v) is 3.49. The predicted molar refractivity (Wildman–Crippen MR) is 73.8 cm³/mol. The summed E-state index contributed by atoms with van der Waals surface area (Å²) in [6.07, 6.45) is 3.88. The molecule has 2 aromatic heterocycles. The van der Waals surface area contributed by atoms with Gasteiger partial charge in [0, 0.05) is 24.2 Å². The zero-order valence-corrected chi connectivity index (χ0v) is 11.0. The quantitative estimate of drug-likeness (QED) is 0.858. The van der Waals surface area contributed by atoms with Crippen molar-refractivity contribution < 1.29 is 4.79 Å². The summed E-state index contributed by atoms with van der Waals surface area (Å²) in [7, 11) is 0. The molecule has 94 valence electrons. The summed E-state index contributed by atoms with van der Waals surface area (Å²) in [5.41, 5.74) is 6.65. The minimum absolute atomic E-state index is 0.0560. The van der Waals surface area contributed by atoms with E-state index in [0.717, 1.165) is 29.6 Å². The lowest BCUT2D eigenvalue weighted by Crippen LogP contribution is -2.33. The van der Waals surface area contributed by atoms with E-state index in [1.54, 1.807) is 6.20 Å². The third-order valence-corrected chi connectivity index (χ3v) is 4.63. The van der Waals surface area contributed by atoms with Crippen molar-refractivity contribution in [2.45, 2.75) is 25.8 Å². The van der Waals surface area contributed by atoms with E-state index >= 15 is 0 Å². The van der Waals surface area contributed by atoms with Gasteiger partial charge in [-0.2, -0.15) is 0 Å². The number of fused-ring (bicyclic) bond motifs is 1. The number of hydrogen-bond acceptors (Lipinski definition) is 4. The van der Waals surface area contributed by atoms with Gasteiger partial charge in [0.2, 0.25) is 0 Å². The first kappa shape index (κ1) is 11.5. The highest BCUT2D eigenvalue weighted by Crippen LogP contribution is 2.34. The second-order valence-corrected chi connectivity index (χ2v) is 5.69. The lowest BCUT2D eigenvalue weighted by Gasteiger charge is -2.20. The minimum Gasteiger partial charge on any atom is -0.397 e. The topological polar surface area (TPSA) is 59.2 Å². The number of carbonyl (C=O) groups excluding carboxylic acids is 1. The maximum atomic E-state index is 12.5. The van der Waals surface area contributed by atoms with Crippen LogP contribution in [-0.4, -0.2) is 28.4 Å². The summed E-state index contributed by atoms with van der Waals surface area (Å²) in [6, 6.07) is 4.08. The van der Waals surface area contributed by atoms with Crippen LogP contribution in [0.25, 0.3) is 10.2 Å². The number of nitrogens with zero attached hydrogens (tertiary/aromatic N) is 2. The second kappa shape index (κ2) is 4.24. The average molecular weight is 261 g/mol. The molecule has 1 saturated heterocycles. The highest BCUT2D eigenvalue weighted by atomic mass is 32.1. The highest BCUT2D eigenvalue weighted by Gasteiger charge is 2.29. The number of rotatable bonds is 1. The van der Waals surface area contributed by atoms with Crippen LogP contribution < -0.4 is 5.73 Å². The number of amides is 1. The largest absolute Gasteiger partial charge is 0.397 e. The van der Waals surface area contributed by atoms with Crippen molar-refractivity contribution in [2.75, 3.05) is 12.3 Å². The number of carbonyl (C=O) groups is 1. The van der Waals surface area contributed by atoms with Crippen molar-refractivity contribution in [3.05, 3.63) is 23.2 Å². The Bertz CT molecular complexity index is 607. The molecule has 5 heteroatoms. The number of pyridine rings is 1. The molecule has 1 atom stereocenters. The molecule has 0 aliphatic carbocycles. The molecule has 3 heterocycles. The van der Waals surface area contributed by atoms with Crippen molar-refractivity contribution in [3.8, 4) is 0 Å². The Morgan fingerprint density at radius 2 is 2.44 bits per heavy atom. The van der Waals surface area contributed by atoms with E-state index in [-0.39, 0.29) is 5.91 Å². The predicted octanol–water partition coefficient (Wildman–Crippen LogP) is 2.50. The standard InChI is InChI=1S/C13H15N3OS/c1-8-4-3-7-16(8)13(17)11-10(14)9-5-2-6-15-12(9)18-11/h2,5-6,8H,3-4,7,14H2,1H3. The van der Waals surface area contributed by atoms with Gasteiger partial charge in [-0.25, -0.2) is 4.98 Å². The number of nitrogens with two attached hydrogens (primary N) is 1. The summed E-state index contributed by atoms with van der Waals surface area (Å²) < 4.78 is 0. The average Bonchev–Trinajstić information content (AvgIpc) is 2.94. The van der Waals surface area contributed by atoms with Crippen molar-refractivity contribution in [3.63, 3.8) is 0 Å². The number of likely N-dealkylation sites (tertiary alicyclic amines) is 1. The fraction of sp³-hybridized carbons (Fsp3) is 0.385. The van der Waals surface area contributed by atoms with Crippen LogP contribution in [0.4, 0.5) is 5.69 Å². The Hall–Kier alpha value is -1.62. The zero-order chi connectivity index (χ0) is 12.7. The molecular formula is C13H15N3OS. The van der Waals surface area contributed by atoms with Gasteiger partial charge in [0.1, 0.15) is 9.71 Å². The number of thiophene rings is 1. The molecule has 4 nitrogen and oxygen atoms in total. The lowest BCUT2D eigenvalue weighted by molar-refractivity contribution is 0.0753. The highest BCUT2D eigenvalue weighted by molar-refractivity contribution is 7.21. The molecular weight excluding hydrogens is 246 g/mol. The van der Waals surface area contributed by atoms with Crippen molar-refractivity contribution in [1.82, 2.24) is 9.88 Å². The molecule has 1 fully saturated rings. The van der Waals surface area contributed by atoms with Crippen LogP contribution in [0.15, 0.2) is 18.3 Å². The minimum atomic E-state index is 0.0560. The summed E-state index contributed by atoms with van der Waals surface area (Å²) in [4.78, 5) is 20.1. The van der Waals surface area contributed by atoms with Crippen LogP contribution in [0.2, 0.25) is 0 Å². The molecule has 0 saturated carbocycles. The van der Waals surface area contributed by atoms with E-state index in [9.17, 15) is 4.79 Å². The van der Waals surface area contributed by atoms with Crippen molar-refractivity contribution in [2.24, 2.45) is 0 Å². The molecule has 1 amide bonds. The summed E-state index contributed by atoms with van der Waals surface area (Å²) in [6.45, 7) is 2.92.